The molecule has 7 heteroatoms. The smallest absolute Gasteiger partial charge is 0.410 e. The topological polar surface area (TPSA) is 79.4 Å². The van der Waals surface area contributed by atoms with Crippen molar-refractivity contribution in [2.75, 3.05) is 24.3 Å². The van der Waals surface area contributed by atoms with Gasteiger partial charge in [0.1, 0.15) is 23.2 Å². The Bertz CT molecular complexity index is 1060. The van der Waals surface area contributed by atoms with Crippen LogP contribution in [0.3, 0.4) is 0 Å². The number of hydrogen-bond donors (Lipinski definition) is 2. The van der Waals surface area contributed by atoms with Crippen molar-refractivity contribution in [1.82, 2.24) is 15.3 Å². The Hall–Kier alpha value is -3.35. The second-order valence-corrected chi connectivity index (χ2v) is 8.29. The van der Waals surface area contributed by atoms with E-state index in [-0.39, 0.29) is 6.04 Å². The molecule has 162 valence electrons. The molecule has 1 saturated carbocycles. The van der Waals surface area contributed by atoms with Crippen LogP contribution in [0, 0.1) is 6.92 Å². The van der Waals surface area contributed by atoms with E-state index in [9.17, 15) is 4.79 Å². The normalized spacial score (nSPS) is 18.4. The molecule has 1 aliphatic rings. The van der Waals surface area contributed by atoms with E-state index in [1.807, 2.05) is 74.4 Å². The van der Waals surface area contributed by atoms with Crippen LogP contribution in [0.1, 0.15) is 31.5 Å². The average Bonchev–Trinajstić information content (AvgIpc) is 2.74. The van der Waals surface area contributed by atoms with E-state index in [0.29, 0.717) is 11.8 Å². The first kappa shape index (κ1) is 20.9. The molecule has 1 fully saturated rings. The Balaban J connectivity index is 1.27. The monoisotopic (exact) mass is 419 g/mol. The fourth-order valence-electron chi connectivity index (χ4n) is 3.98. The maximum absolute atomic E-state index is 12.4. The average molecular weight is 420 g/mol. The first-order valence-electron chi connectivity index (χ1n) is 10.7. The Morgan fingerprint density at radius 3 is 2.42 bits per heavy atom. The van der Waals surface area contributed by atoms with Crippen molar-refractivity contribution < 1.29 is 9.53 Å². The maximum atomic E-state index is 12.4. The fraction of sp³-hybridized carbons (Fsp3) is 0.375. The molecule has 31 heavy (non-hydrogen) atoms. The molecule has 0 saturated heterocycles. The lowest BCUT2D eigenvalue weighted by molar-refractivity contribution is 0.191. The van der Waals surface area contributed by atoms with Crippen LogP contribution in [0.15, 0.2) is 48.5 Å². The molecule has 0 bridgehead atoms. The van der Waals surface area contributed by atoms with Crippen LogP contribution in [0.4, 0.5) is 16.4 Å². The van der Waals surface area contributed by atoms with Gasteiger partial charge in [-0.15, -0.1) is 0 Å². The number of carbonyl (C=O) groups is 1. The fourth-order valence-corrected chi connectivity index (χ4v) is 3.98. The highest BCUT2D eigenvalue weighted by molar-refractivity contribution is 5.84. The Morgan fingerprint density at radius 2 is 1.68 bits per heavy atom. The van der Waals surface area contributed by atoms with Gasteiger partial charge in [-0.25, -0.2) is 14.8 Å². The molecule has 4 rings (SSSR count). The third-order valence-electron chi connectivity index (χ3n) is 5.62. The van der Waals surface area contributed by atoms with Crippen LogP contribution < -0.4 is 20.3 Å². The highest BCUT2D eigenvalue weighted by atomic mass is 16.6. The number of carbonyl (C=O) groups excluding carboxylic acids is 1. The molecule has 0 aliphatic heterocycles. The summed E-state index contributed by atoms with van der Waals surface area (Å²) < 4.78 is 5.51. The van der Waals surface area contributed by atoms with Crippen molar-refractivity contribution in [2.24, 2.45) is 0 Å². The van der Waals surface area contributed by atoms with E-state index in [0.717, 1.165) is 53.9 Å². The van der Waals surface area contributed by atoms with Gasteiger partial charge >= 0.3 is 6.09 Å². The van der Waals surface area contributed by atoms with Gasteiger partial charge in [-0.3, -0.25) is 0 Å². The lowest BCUT2D eigenvalue weighted by Gasteiger charge is -2.30. The molecule has 1 amide bonds. The van der Waals surface area contributed by atoms with Gasteiger partial charge in [0.2, 0.25) is 0 Å². The first-order valence-corrected chi connectivity index (χ1v) is 10.7. The minimum atomic E-state index is -0.395. The number of nitrogens with zero attached hydrogens (tertiary/aromatic N) is 3. The number of benzene rings is 2. The van der Waals surface area contributed by atoms with Gasteiger partial charge in [0.25, 0.3) is 0 Å². The molecule has 2 aromatic carbocycles. The van der Waals surface area contributed by atoms with Crippen LogP contribution in [0.25, 0.3) is 10.8 Å². The minimum Gasteiger partial charge on any atom is -0.410 e. The number of amides is 1. The van der Waals surface area contributed by atoms with Gasteiger partial charge in [0, 0.05) is 32.2 Å². The van der Waals surface area contributed by atoms with Crippen LogP contribution in [-0.4, -0.2) is 42.2 Å². The first-order chi connectivity index (χ1) is 15.0. The molecule has 7 nitrogen and oxygen atoms in total. The quantitative estimate of drug-likeness (QED) is 0.633. The minimum absolute atomic E-state index is 0.121. The standard InChI is InChI=1S/C24H29N5O2/c1-16-25-22(15-23(26-16)29(2)3)27-19-9-11-20(12-10-19)28-24(30)31-21-13-8-17-6-4-5-7-18(17)14-21/h4-8,13-15,19-20H,9-12H2,1-3H3,(H,28,30)(H,25,26,27). The van der Waals surface area contributed by atoms with Gasteiger partial charge in [-0.1, -0.05) is 30.3 Å². The third kappa shape index (κ3) is 5.42. The summed E-state index contributed by atoms with van der Waals surface area (Å²) in [4.78, 5) is 23.3. The van der Waals surface area contributed by atoms with Crippen molar-refractivity contribution >= 4 is 28.5 Å². The number of nitrogens with one attached hydrogen (secondary N) is 2. The Morgan fingerprint density at radius 1 is 0.968 bits per heavy atom. The zero-order chi connectivity index (χ0) is 21.8. The van der Waals surface area contributed by atoms with E-state index in [1.165, 1.54) is 0 Å². The number of fused-ring (bicyclic) bond motifs is 1. The molecule has 0 atom stereocenters. The Labute approximate surface area is 182 Å². The van der Waals surface area contributed by atoms with Gasteiger partial charge < -0.3 is 20.3 Å². The lowest BCUT2D eigenvalue weighted by Crippen LogP contribution is -2.41. The van der Waals surface area contributed by atoms with E-state index >= 15 is 0 Å². The van der Waals surface area contributed by atoms with Crippen LogP contribution in [-0.2, 0) is 0 Å². The van der Waals surface area contributed by atoms with Gasteiger partial charge in [-0.05, 0) is 55.5 Å². The third-order valence-corrected chi connectivity index (χ3v) is 5.62. The van der Waals surface area contributed by atoms with Crippen LogP contribution in [0.2, 0.25) is 0 Å². The maximum Gasteiger partial charge on any atom is 0.412 e. The number of aromatic nitrogens is 2. The summed E-state index contributed by atoms with van der Waals surface area (Å²) in [6.45, 7) is 1.90. The van der Waals surface area contributed by atoms with Crippen molar-refractivity contribution in [1.29, 1.82) is 0 Å². The molecule has 1 aromatic heterocycles. The van der Waals surface area contributed by atoms with E-state index in [4.69, 9.17) is 4.74 Å². The van der Waals surface area contributed by atoms with E-state index in [1.54, 1.807) is 0 Å². The van der Waals surface area contributed by atoms with Crippen molar-refractivity contribution in [3.8, 4) is 5.75 Å². The molecule has 0 radical (unpaired) electrons. The second kappa shape index (κ2) is 9.20. The van der Waals surface area contributed by atoms with Crippen molar-refractivity contribution in [2.45, 2.75) is 44.7 Å². The van der Waals surface area contributed by atoms with E-state index < -0.39 is 6.09 Å². The number of ether oxygens (including phenoxy) is 1. The highest BCUT2D eigenvalue weighted by Gasteiger charge is 2.23. The number of rotatable bonds is 5. The number of hydrogen-bond acceptors (Lipinski definition) is 6. The summed E-state index contributed by atoms with van der Waals surface area (Å²) in [5, 5.41) is 8.71. The number of anilines is 2. The van der Waals surface area contributed by atoms with Gasteiger partial charge in [0.15, 0.2) is 0 Å². The van der Waals surface area contributed by atoms with Crippen LogP contribution in [0.5, 0.6) is 5.75 Å². The second-order valence-electron chi connectivity index (χ2n) is 8.29. The zero-order valence-corrected chi connectivity index (χ0v) is 18.3. The molecule has 1 aliphatic carbocycles. The lowest BCUT2D eigenvalue weighted by atomic mass is 9.91. The summed E-state index contributed by atoms with van der Waals surface area (Å²) in [5.41, 5.74) is 0. The van der Waals surface area contributed by atoms with Gasteiger partial charge in [-0.2, -0.15) is 0 Å². The molecular weight excluding hydrogens is 390 g/mol. The molecule has 0 unspecified atom stereocenters. The summed E-state index contributed by atoms with van der Waals surface area (Å²) >= 11 is 0. The summed E-state index contributed by atoms with van der Waals surface area (Å²) in [5.74, 6) is 3.05. The predicted octanol–water partition coefficient (Wildman–Crippen LogP) is 4.52. The van der Waals surface area contributed by atoms with E-state index in [2.05, 4.69) is 20.6 Å². The van der Waals surface area contributed by atoms with Gasteiger partial charge in [0.05, 0.1) is 0 Å². The molecule has 3 aromatic rings. The summed E-state index contributed by atoms with van der Waals surface area (Å²) in [6, 6.07) is 16.1. The largest absolute Gasteiger partial charge is 0.412 e. The van der Waals surface area contributed by atoms with Crippen molar-refractivity contribution in [3.63, 3.8) is 0 Å². The SMILES string of the molecule is Cc1nc(NC2CCC(NC(=O)Oc3ccc4ccccc4c3)CC2)cc(N(C)C)n1. The zero-order valence-electron chi connectivity index (χ0n) is 18.3. The molecule has 1 heterocycles. The molecule has 2 N–H and O–H groups in total. The summed E-state index contributed by atoms with van der Waals surface area (Å²) in [6.07, 6.45) is 3.32. The van der Waals surface area contributed by atoms with Crippen molar-refractivity contribution in [3.05, 3.63) is 54.4 Å². The number of aryl methyl sites for hydroxylation is 1. The predicted molar refractivity (Wildman–Crippen MR) is 124 cm³/mol. The van der Waals surface area contributed by atoms with Crippen LogP contribution >= 0.6 is 0 Å². The highest BCUT2D eigenvalue weighted by Crippen LogP contribution is 2.24. The Kier molecular flexibility index (Phi) is 6.21. The summed E-state index contributed by atoms with van der Waals surface area (Å²) in [7, 11) is 3.94. The molecule has 0 spiro atoms. The molecular formula is C24H29N5O2.